The normalized spacial score (nSPS) is 13.4. The summed E-state index contributed by atoms with van der Waals surface area (Å²) in [5.41, 5.74) is 5.09. The SMILES string of the molecule is NC(c1cncc(Cl)n1)C(F)F. The van der Waals surface area contributed by atoms with Gasteiger partial charge in [0.05, 0.1) is 18.1 Å². The maximum Gasteiger partial charge on any atom is 0.259 e. The van der Waals surface area contributed by atoms with Crippen LogP contribution in [-0.4, -0.2) is 16.4 Å². The first-order valence-electron chi connectivity index (χ1n) is 3.12. The summed E-state index contributed by atoms with van der Waals surface area (Å²) < 4.78 is 24.0. The summed E-state index contributed by atoms with van der Waals surface area (Å²) in [5.74, 6) is 0. The first kappa shape index (κ1) is 9.28. The Kier molecular flexibility index (Phi) is 2.88. The highest BCUT2D eigenvalue weighted by Gasteiger charge is 2.19. The molecule has 0 aliphatic carbocycles. The van der Waals surface area contributed by atoms with Gasteiger partial charge in [-0.1, -0.05) is 11.6 Å². The standard InChI is InChI=1S/C6H6ClF2N3/c7-4-2-11-1-3(12-4)5(10)6(8)9/h1-2,5-6H,10H2. The van der Waals surface area contributed by atoms with Crippen LogP contribution in [0.5, 0.6) is 0 Å². The second kappa shape index (κ2) is 3.73. The molecule has 0 fully saturated rings. The van der Waals surface area contributed by atoms with Crippen LogP contribution in [-0.2, 0) is 0 Å². The van der Waals surface area contributed by atoms with Gasteiger partial charge < -0.3 is 5.73 Å². The minimum atomic E-state index is -2.65. The molecule has 1 heterocycles. The maximum atomic E-state index is 12.0. The largest absolute Gasteiger partial charge is 0.318 e. The quantitative estimate of drug-likeness (QED) is 0.773. The molecule has 1 atom stereocenters. The van der Waals surface area contributed by atoms with Crippen molar-refractivity contribution in [2.75, 3.05) is 0 Å². The van der Waals surface area contributed by atoms with Gasteiger partial charge in [-0.05, 0) is 0 Å². The van der Waals surface area contributed by atoms with Crippen LogP contribution in [0.15, 0.2) is 12.4 Å². The number of aromatic nitrogens is 2. The van der Waals surface area contributed by atoms with Crippen LogP contribution in [0.25, 0.3) is 0 Å². The van der Waals surface area contributed by atoms with E-state index in [9.17, 15) is 8.78 Å². The van der Waals surface area contributed by atoms with Crippen molar-refractivity contribution in [3.63, 3.8) is 0 Å². The predicted octanol–water partition coefficient (Wildman–Crippen LogP) is 1.39. The van der Waals surface area contributed by atoms with Crippen LogP contribution in [0.3, 0.4) is 0 Å². The second-order valence-corrected chi connectivity index (χ2v) is 2.51. The average Bonchev–Trinajstić information content (AvgIpc) is 2.03. The van der Waals surface area contributed by atoms with E-state index >= 15 is 0 Å². The molecule has 0 aromatic carbocycles. The third-order valence-corrected chi connectivity index (χ3v) is 1.42. The van der Waals surface area contributed by atoms with Crippen LogP contribution in [0.4, 0.5) is 8.78 Å². The van der Waals surface area contributed by atoms with E-state index in [0.29, 0.717) is 0 Å². The fourth-order valence-corrected chi connectivity index (χ4v) is 0.800. The topological polar surface area (TPSA) is 51.8 Å². The van der Waals surface area contributed by atoms with Crippen molar-refractivity contribution in [2.24, 2.45) is 5.73 Å². The molecular formula is C6H6ClF2N3. The molecule has 1 rings (SSSR count). The predicted molar refractivity (Wildman–Crippen MR) is 40.0 cm³/mol. The molecular weight excluding hydrogens is 188 g/mol. The minimum Gasteiger partial charge on any atom is -0.318 e. The summed E-state index contributed by atoms with van der Waals surface area (Å²) in [4.78, 5) is 7.17. The third kappa shape index (κ3) is 2.09. The van der Waals surface area contributed by atoms with Gasteiger partial charge >= 0.3 is 0 Å². The van der Waals surface area contributed by atoms with Crippen molar-refractivity contribution in [3.8, 4) is 0 Å². The smallest absolute Gasteiger partial charge is 0.259 e. The fraction of sp³-hybridized carbons (Fsp3) is 0.333. The Bertz CT molecular complexity index is 269. The molecule has 0 radical (unpaired) electrons. The number of alkyl halides is 2. The first-order chi connectivity index (χ1) is 5.61. The zero-order valence-corrected chi connectivity index (χ0v) is 6.67. The molecule has 0 saturated heterocycles. The van der Waals surface area contributed by atoms with Gasteiger partial charge in [-0.3, -0.25) is 4.98 Å². The Hall–Kier alpha value is -0.810. The van der Waals surface area contributed by atoms with Gasteiger partial charge in [-0.25, -0.2) is 13.8 Å². The van der Waals surface area contributed by atoms with Crippen LogP contribution < -0.4 is 5.73 Å². The Morgan fingerprint density at radius 1 is 1.42 bits per heavy atom. The summed E-state index contributed by atoms with van der Waals surface area (Å²) in [5, 5.41) is 0.0589. The average molecular weight is 194 g/mol. The fourth-order valence-electron chi connectivity index (χ4n) is 0.646. The first-order valence-corrected chi connectivity index (χ1v) is 3.50. The molecule has 12 heavy (non-hydrogen) atoms. The van der Waals surface area contributed by atoms with E-state index < -0.39 is 12.5 Å². The lowest BCUT2D eigenvalue weighted by molar-refractivity contribution is 0.114. The Morgan fingerprint density at radius 2 is 2.08 bits per heavy atom. The van der Waals surface area contributed by atoms with Gasteiger partial charge in [-0.15, -0.1) is 0 Å². The second-order valence-electron chi connectivity index (χ2n) is 2.13. The number of hydrogen-bond acceptors (Lipinski definition) is 3. The van der Waals surface area contributed by atoms with Crippen LogP contribution >= 0.6 is 11.6 Å². The van der Waals surface area contributed by atoms with Crippen molar-refractivity contribution in [1.29, 1.82) is 0 Å². The molecule has 1 aromatic rings. The number of halogens is 3. The molecule has 3 nitrogen and oxygen atoms in total. The molecule has 0 aliphatic rings. The van der Waals surface area contributed by atoms with E-state index in [-0.39, 0.29) is 10.8 Å². The van der Waals surface area contributed by atoms with Gasteiger partial charge in [0.15, 0.2) is 0 Å². The summed E-state index contributed by atoms with van der Waals surface area (Å²) in [6.45, 7) is 0. The highest BCUT2D eigenvalue weighted by molar-refractivity contribution is 6.29. The molecule has 0 saturated carbocycles. The minimum absolute atomic E-state index is 0.00231. The Labute approximate surface area is 72.6 Å². The van der Waals surface area contributed by atoms with E-state index in [0.717, 1.165) is 0 Å². The number of nitrogens with zero attached hydrogens (tertiary/aromatic N) is 2. The van der Waals surface area contributed by atoms with Gasteiger partial charge in [0.1, 0.15) is 11.2 Å². The molecule has 0 bridgehead atoms. The van der Waals surface area contributed by atoms with Crippen molar-refractivity contribution < 1.29 is 8.78 Å². The highest BCUT2D eigenvalue weighted by atomic mass is 35.5. The van der Waals surface area contributed by atoms with Crippen molar-refractivity contribution >= 4 is 11.6 Å². The number of rotatable bonds is 2. The molecule has 6 heteroatoms. The third-order valence-electron chi connectivity index (χ3n) is 1.24. The van der Waals surface area contributed by atoms with Crippen LogP contribution in [0.1, 0.15) is 11.7 Å². The summed E-state index contributed by atoms with van der Waals surface area (Å²) >= 11 is 5.42. The number of hydrogen-bond donors (Lipinski definition) is 1. The molecule has 0 aliphatic heterocycles. The lowest BCUT2D eigenvalue weighted by atomic mass is 10.2. The van der Waals surface area contributed by atoms with Gasteiger partial charge in [0, 0.05) is 0 Å². The molecule has 2 N–H and O–H groups in total. The monoisotopic (exact) mass is 193 g/mol. The maximum absolute atomic E-state index is 12.0. The molecule has 0 spiro atoms. The highest BCUT2D eigenvalue weighted by Crippen LogP contribution is 2.15. The molecule has 1 unspecified atom stereocenters. The van der Waals surface area contributed by atoms with Crippen LogP contribution in [0.2, 0.25) is 5.15 Å². The van der Waals surface area contributed by atoms with Gasteiger partial charge in [-0.2, -0.15) is 0 Å². The van der Waals surface area contributed by atoms with E-state index in [4.69, 9.17) is 17.3 Å². The van der Waals surface area contributed by atoms with E-state index in [1.54, 1.807) is 0 Å². The molecule has 66 valence electrons. The zero-order valence-electron chi connectivity index (χ0n) is 5.92. The number of nitrogens with two attached hydrogens (primary N) is 1. The molecule has 1 aromatic heterocycles. The summed E-state index contributed by atoms with van der Waals surface area (Å²) in [6, 6.07) is -1.42. The lowest BCUT2D eigenvalue weighted by Gasteiger charge is -2.08. The van der Waals surface area contributed by atoms with Crippen molar-refractivity contribution in [3.05, 3.63) is 23.2 Å². The summed E-state index contributed by atoms with van der Waals surface area (Å²) in [6.07, 6.45) is -0.232. The summed E-state index contributed by atoms with van der Waals surface area (Å²) in [7, 11) is 0. The zero-order chi connectivity index (χ0) is 9.14. The van der Waals surface area contributed by atoms with Gasteiger partial charge in [0.25, 0.3) is 6.43 Å². The Morgan fingerprint density at radius 3 is 2.58 bits per heavy atom. The van der Waals surface area contributed by atoms with Crippen molar-refractivity contribution in [1.82, 2.24) is 9.97 Å². The van der Waals surface area contributed by atoms with E-state index in [1.165, 1.54) is 12.4 Å². The Balaban J connectivity index is 2.88. The van der Waals surface area contributed by atoms with E-state index in [2.05, 4.69) is 9.97 Å². The van der Waals surface area contributed by atoms with Gasteiger partial charge in [0.2, 0.25) is 0 Å². The van der Waals surface area contributed by atoms with Crippen molar-refractivity contribution in [2.45, 2.75) is 12.5 Å². The van der Waals surface area contributed by atoms with E-state index in [1.807, 2.05) is 0 Å². The van der Waals surface area contributed by atoms with Crippen LogP contribution in [0, 0.1) is 0 Å². The molecule has 0 amide bonds. The lowest BCUT2D eigenvalue weighted by Crippen LogP contribution is -2.20.